The second-order valence-electron chi connectivity index (χ2n) is 7.31. The molecule has 0 fully saturated rings. The van der Waals surface area contributed by atoms with Crippen molar-refractivity contribution in [3.05, 3.63) is 33.8 Å². The molecule has 0 saturated carbocycles. The lowest BCUT2D eigenvalue weighted by molar-refractivity contribution is -0.305. The number of carbonyl (C=O) groups excluding carboxylic acids is 3. The third-order valence-corrected chi connectivity index (χ3v) is 5.54. The van der Waals surface area contributed by atoms with Crippen LogP contribution in [0.3, 0.4) is 0 Å². The Kier molecular flexibility index (Phi) is 12.5. The standard InChI is InChI=1S/C22H32Cl2N2O4/c1-3-5-7-13-26(14-8-6-4-2)22(30)19(11-12-20(27)28)25-21(29)16-9-10-17(23)18(24)15-16/h9-10,15,19H,3-8,11-14H2,1-2H3,(H,25,29)(H,27,28)/p-1/t19-/m1/s1. The average Bonchev–Trinajstić information content (AvgIpc) is 2.71. The maximum absolute atomic E-state index is 13.2. The van der Waals surface area contributed by atoms with E-state index in [9.17, 15) is 19.5 Å². The number of rotatable bonds is 14. The van der Waals surface area contributed by atoms with Gasteiger partial charge < -0.3 is 20.1 Å². The molecule has 1 aromatic rings. The molecule has 0 aromatic heterocycles. The lowest BCUT2D eigenvalue weighted by Crippen LogP contribution is -2.49. The van der Waals surface area contributed by atoms with Crippen LogP contribution in [0.5, 0.6) is 0 Å². The van der Waals surface area contributed by atoms with Crippen LogP contribution in [0.2, 0.25) is 10.0 Å². The van der Waals surface area contributed by atoms with Crippen molar-refractivity contribution in [3.8, 4) is 0 Å². The van der Waals surface area contributed by atoms with Gasteiger partial charge in [0.1, 0.15) is 6.04 Å². The average molecular weight is 458 g/mol. The summed E-state index contributed by atoms with van der Waals surface area (Å²) in [5.74, 6) is -2.04. The van der Waals surface area contributed by atoms with Gasteiger partial charge in [-0.25, -0.2) is 0 Å². The molecule has 1 N–H and O–H groups in total. The first-order chi connectivity index (χ1) is 14.3. The maximum atomic E-state index is 13.2. The normalized spacial score (nSPS) is 11.7. The molecule has 30 heavy (non-hydrogen) atoms. The molecule has 0 radical (unpaired) electrons. The van der Waals surface area contributed by atoms with Crippen LogP contribution >= 0.6 is 23.2 Å². The van der Waals surface area contributed by atoms with Crippen molar-refractivity contribution < 1.29 is 19.5 Å². The fourth-order valence-corrected chi connectivity index (χ4v) is 3.35. The van der Waals surface area contributed by atoms with E-state index in [1.807, 2.05) is 0 Å². The zero-order valence-electron chi connectivity index (χ0n) is 17.7. The molecule has 6 nitrogen and oxygen atoms in total. The van der Waals surface area contributed by atoms with Crippen LogP contribution in [0, 0.1) is 0 Å². The van der Waals surface area contributed by atoms with Gasteiger partial charge in [0.15, 0.2) is 0 Å². The topological polar surface area (TPSA) is 89.5 Å². The van der Waals surface area contributed by atoms with Gasteiger partial charge in [-0.2, -0.15) is 0 Å². The number of hydrogen-bond donors (Lipinski definition) is 1. The maximum Gasteiger partial charge on any atom is 0.251 e. The van der Waals surface area contributed by atoms with Crippen LogP contribution in [-0.4, -0.2) is 41.8 Å². The highest BCUT2D eigenvalue weighted by Crippen LogP contribution is 2.22. The smallest absolute Gasteiger partial charge is 0.251 e. The first-order valence-corrected chi connectivity index (χ1v) is 11.3. The Morgan fingerprint density at radius 1 is 1.00 bits per heavy atom. The van der Waals surface area contributed by atoms with Gasteiger partial charge >= 0.3 is 0 Å². The highest BCUT2D eigenvalue weighted by Gasteiger charge is 2.26. The zero-order valence-corrected chi connectivity index (χ0v) is 19.2. The van der Waals surface area contributed by atoms with Crippen molar-refractivity contribution in [1.82, 2.24) is 10.2 Å². The molecular formula is C22H31Cl2N2O4-. The number of unbranched alkanes of at least 4 members (excludes halogenated alkanes) is 4. The van der Waals surface area contributed by atoms with Gasteiger partial charge in [0, 0.05) is 24.6 Å². The van der Waals surface area contributed by atoms with Crippen LogP contribution in [-0.2, 0) is 9.59 Å². The molecule has 0 aliphatic rings. The summed E-state index contributed by atoms with van der Waals surface area (Å²) >= 11 is 11.9. The van der Waals surface area contributed by atoms with Gasteiger partial charge in [0.2, 0.25) is 5.91 Å². The number of benzene rings is 1. The Hall–Kier alpha value is -1.79. The minimum absolute atomic E-state index is 0.0354. The van der Waals surface area contributed by atoms with Crippen molar-refractivity contribution in [2.45, 2.75) is 71.3 Å². The Labute approximate surface area is 188 Å². The Balaban J connectivity index is 2.96. The number of carboxylic acids is 1. The first-order valence-electron chi connectivity index (χ1n) is 10.5. The van der Waals surface area contributed by atoms with Gasteiger partial charge in [-0.1, -0.05) is 62.7 Å². The highest BCUT2D eigenvalue weighted by atomic mass is 35.5. The number of halogens is 2. The number of carbonyl (C=O) groups is 3. The lowest BCUT2D eigenvalue weighted by Gasteiger charge is -2.28. The minimum atomic E-state index is -1.26. The van der Waals surface area contributed by atoms with Gasteiger partial charge in [0.05, 0.1) is 10.0 Å². The Bertz CT molecular complexity index is 702. The van der Waals surface area contributed by atoms with Crippen LogP contribution in [0.4, 0.5) is 0 Å². The summed E-state index contributed by atoms with van der Waals surface area (Å²) in [5, 5.41) is 14.2. The van der Waals surface area contributed by atoms with E-state index in [1.165, 1.54) is 18.2 Å². The van der Waals surface area contributed by atoms with Crippen LogP contribution in [0.15, 0.2) is 18.2 Å². The van der Waals surface area contributed by atoms with E-state index in [2.05, 4.69) is 19.2 Å². The predicted molar refractivity (Wildman–Crippen MR) is 118 cm³/mol. The lowest BCUT2D eigenvalue weighted by atomic mass is 10.1. The molecule has 1 atom stereocenters. The third kappa shape index (κ3) is 9.35. The number of aliphatic carboxylic acids is 1. The quantitative estimate of drug-likeness (QED) is 0.429. The zero-order chi connectivity index (χ0) is 22.5. The summed E-state index contributed by atoms with van der Waals surface area (Å²) < 4.78 is 0. The van der Waals surface area contributed by atoms with Crippen molar-refractivity contribution >= 4 is 41.0 Å². The number of amides is 2. The molecule has 0 bridgehead atoms. The predicted octanol–water partition coefficient (Wildman–Crippen LogP) is 3.83. The van der Waals surface area contributed by atoms with E-state index in [4.69, 9.17) is 23.2 Å². The van der Waals surface area contributed by atoms with Crippen molar-refractivity contribution in [2.24, 2.45) is 0 Å². The highest BCUT2D eigenvalue weighted by molar-refractivity contribution is 6.42. The summed E-state index contributed by atoms with van der Waals surface area (Å²) in [5.41, 5.74) is 0.249. The fraction of sp³-hybridized carbons (Fsp3) is 0.591. The molecule has 168 valence electrons. The summed E-state index contributed by atoms with van der Waals surface area (Å²) in [7, 11) is 0. The summed E-state index contributed by atoms with van der Waals surface area (Å²) in [4.78, 5) is 38.6. The molecule has 8 heteroatoms. The van der Waals surface area contributed by atoms with Gasteiger partial charge in [0.25, 0.3) is 5.91 Å². The van der Waals surface area contributed by atoms with Crippen LogP contribution < -0.4 is 10.4 Å². The third-order valence-electron chi connectivity index (χ3n) is 4.80. The second-order valence-corrected chi connectivity index (χ2v) is 8.12. The first kappa shape index (κ1) is 26.2. The van der Waals surface area contributed by atoms with E-state index in [0.717, 1.165) is 38.5 Å². The second kappa shape index (κ2) is 14.3. The number of hydrogen-bond acceptors (Lipinski definition) is 4. The van der Waals surface area contributed by atoms with Crippen LogP contribution in [0.25, 0.3) is 0 Å². The van der Waals surface area contributed by atoms with Crippen molar-refractivity contribution in [2.75, 3.05) is 13.1 Å². The summed E-state index contributed by atoms with van der Waals surface area (Å²) in [6, 6.07) is 3.47. The molecule has 0 aliphatic heterocycles. The molecule has 0 heterocycles. The monoisotopic (exact) mass is 457 g/mol. The number of nitrogens with zero attached hydrogens (tertiary/aromatic N) is 1. The summed E-state index contributed by atoms with van der Waals surface area (Å²) in [6.07, 6.45) is 5.42. The molecule has 0 aliphatic carbocycles. The van der Waals surface area contributed by atoms with E-state index in [1.54, 1.807) is 4.90 Å². The Morgan fingerprint density at radius 2 is 1.60 bits per heavy atom. The molecule has 2 amide bonds. The molecule has 1 rings (SSSR count). The van der Waals surface area contributed by atoms with E-state index in [0.29, 0.717) is 18.1 Å². The van der Waals surface area contributed by atoms with E-state index < -0.39 is 17.9 Å². The van der Waals surface area contributed by atoms with Crippen molar-refractivity contribution in [3.63, 3.8) is 0 Å². The van der Waals surface area contributed by atoms with Crippen molar-refractivity contribution in [1.29, 1.82) is 0 Å². The van der Waals surface area contributed by atoms with E-state index >= 15 is 0 Å². The van der Waals surface area contributed by atoms with Crippen LogP contribution in [0.1, 0.15) is 75.6 Å². The molecular weight excluding hydrogens is 427 g/mol. The number of carboxylic acid groups (broad SMARTS) is 1. The van der Waals surface area contributed by atoms with Gasteiger partial charge in [-0.05, 0) is 43.9 Å². The molecule has 1 aromatic carbocycles. The van der Waals surface area contributed by atoms with Gasteiger partial charge in [-0.3, -0.25) is 9.59 Å². The molecule has 0 saturated heterocycles. The number of nitrogens with one attached hydrogen (secondary N) is 1. The molecule has 0 unspecified atom stereocenters. The fourth-order valence-electron chi connectivity index (χ4n) is 3.06. The Morgan fingerprint density at radius 3 is 2.10 bits per heavy atom. The molecule has 0 spiro atoms. The largest absolute Gasteiger partial charge is 0.550 e. The van der Waals surface area contributed by atoms with E-state index in [-0.39, 0.29) is 29.3 Å². The minimum Gasteiger partial charge on any atom is -0.550 e. The van der Waals surface area contributed by atoms with Gasteiger partial charge in [-0.15, -0.1) is 0 Å². The SMILES string of the molecule is CCCCCN(CCCCC)C(=O)[C@@H](CCC(=O)[O-])NC(=O)c1ccc(Cl)c(Cl)c1. The summed E-state index contributed by atoms with van der Waals surface area (Å²) in [6.45, 7) is 5.34.